The van der Waals surface area contributed by atoms with E-state index < -0.39 is 31.9 Å². The van der Waals surface area contributed by atoms with Crippen LogP contribution in [0.4, 0.5) is 4.39 Å². The summed E-state index contributed by atoms with van der Waals surface area (Å²) in [6.45, 7) is 0. The van der Waals surface area contributed by atoms with Gasteiger partial charge >= 0.3 is 5.69 Å². The Bertz CT molecular complexity index is 988. The van der Waals surface area contributed by atoms with Gasteiger partial charge in [0.05, 0.1) is 5.39 Å². The summed E-state index contributed by atoms with van der Waals surface area (Å²) in [6.07, 6.45) is 2.16. The average molecular weight is 314 g/mol. The van der Waals surface area contributed by atoms with E-state index in [4.69, 9.17) is 5.84 Å². The van der Waals surface area contributed by atoms with E-state index >= 15 is 0 Å². The minimum atomic E-state index is -3.92. The third kappa shape index (κ3) is 2.02. The number of halogens is 1. The summed E-state index contributed by atoms with van der Waals surface area (Å²) < 4.78 is 38.4. The van der Waals surface area contributed by atoms with Crippen LogP contribution in [0.2, 0.25) is 0 Å². The second kappa shape index (κ2) is 4.13. The van der Waals surface area contributed by atoms with Crippen molar-refractivity contribution in [2.45, 2.75) is 23.9 Å². The van der Waals surface area contributed by atoms with E-state index in [0.29, 0.717) is 17.5 Å². The molecule has 0 aromatic carbocycles. The van der Waals surface area contributed by atoms with Gasteiger partial charge in [-0.05, 0) is 18.9 Å². The molecule has 0 bridgehead atoms. The second-order valence-electron chi connectivity index (χ2n) is 4.98. The molecular weight excluding hydrogens is 303 g/mol. The van der Waals surface area contributed by atoms with Crippen molar-refractivity contribution >= 4 is 20.9 Å². The summed E-state index contributed by atoms with van der Waals surface area (Å²) in [5, 5.41) is -1.02. The molecule has 1 saturated carbocycles. The van der Waals surface area contributed by atoms with Crippen molar-refractivity contribution in [2.24, 2.45) is 0 Å². The average Bonchev–Trinajstić information content (AvgIpc) is 3.20. The highest BCUT2D eigenvalue weighted by atomic mass is 32.2. The summed E-state index contributed by atoms with van der Waals surface area (Å²) in [5.74, 6) is 4.24. The lowest BCUT2D eigenvalue weighted by Crippen LogP contribution is -2.44. The van der Waals surface area contributed by atoms with Gasteiger partial charge in [-0.2, -0.15) is 4.68 Å². The van der Waals surface area contributed by atoms with Gasteiger partial charge in [0, 0.05) is 12.3 Å². The van der Waals surface area contributed by atoms with Crippen molar-refractivity contribution in [3.05, 3.63) is 32.7 Å². The molecule has 0 amide bonds. The Kier molecular flexibility index (Phi) is 2.70. The lowest BCUT2D eigenvalue weighted by atomic mass is 10.3. The molecule has 0 aliphatic heterocycles. The molecule has 0 atom stereocenters. The molecule has 1 aliphatic rings. The van der Waals surface area contributed by atoms with E-state index in [1.54, 1.807) is 0 Å². The van der Waals surface area contributed by atoms with Crippen molar-refractivity contribution in [2.75, 3.05) is 12.1 Å². The van der Waals surface area contributed by atoms with Gasteiger partial charge in [-0.25, -0.2) is 22.6 Å². The topological polar surface area (TPSA) is 117 Å². The lowest BCUT2D eigenvalue weighted by molar-refractivity contribution is 0.555. The molecule has 8 nitrogen and oxygen atoms in total. The number of fused-ring (bicyclic) bond motifs is 1. The van der Waals surface area contributed by atoms with Crippen LogP contribution in [0.25, 0.3) is 11.0 Å². The molecule has 0 radical (unpaired) electrons. The predicted octanol–water partition coefficient (Wildman–Crippen LogP) is -0.850. The van der Waals surface area contributed by atoms with E-state index in [2.05, 4.69) is 4.98 Å². The highest BCUT2D eigenvalue weighted by Crippen LogP contribution is 2.35. The van der Waals surface area contributed by atoms with E-state index in [-0.39, 0.29) is 17.1 Å². The zero-order valence-corrected chi connectivity index (χ0v) is 11.7. The monoisotopic (exact) mass is 314 g/mol. The summed E-state index contributed by atoms with van der Waals surface area (Å²) in [7, 11) is -3.92. The number of nitrogens with two attached hydrogens (primary N) is 1. The molecule has 2 aromatic heterocycles. The maximum Gasteiger partial charge on any atom is 0.351 e. The van der Waals surface area contributed by atoms with Gasteiger partial charge in [-0.15, -0.1) is 0 Å². The smallest absolute Gasteiger partial charge is 0.332 e. The number of aromatic nitrogens is 3. The van der Waals surface area contributed by atoms with Gasteiger partial charge in [-0.3, -0.25) is 9.36 Å². The third-order valence-corrected chi connectivity index (χ3v) is 4.27. The Labute approximate surface area is 117 Å². The molecule has 0 spiro atoms. The van der Waals surface area contributed by atoms with Crippen molar-refractivity contribution in [1.29, 1.82) is 0 Å². The normalized spacial score (nSPS) is 15.5. The molecule has 2 N–H and O–H groups in total. The minimum Gasteiger partial charge on any atom is -0.332 e. The van der Waals surface area contributed by atoms with Crippen LogP contribution < -0.4 is 17.1 Å². The highest BCUT2D eigenvalue weighted by molar-refractivity contribution is 7.90. The molecule has 3 rings (SSSR count). The Hall–Kier alpha value is -2.23. The fraction of sp³-hybridized carbons (Fsp3) is 0.364. The second-order valence-corrected chi connectivity index (χ2v) is 6.91. The summed E-state index contributed by atoms with van der Waals surface area (Å²) >= 11 is 0. The predicted molar refractivity (Wildman–Crippen MR) is 71.8 cm³/mol. The SMILES string of the molecule is CS(=O)(=O)c1nc2c(cc1F)c(=O)n(N)c(=O)n2C1CC1. The van der Waals surface area contributed by atoms with E-state index in [1.807, 2.05) is 0 Å². The van der Waals surface area contributed by atoms with Gasteiger partial charge in [0.2, 0.25) is 0 Å². The van der Waals surface area contributed by atoms with Crippen LogP contribution in [-0.4, -0.2) is 28.9 Å². The van der Waals surface area contributed by atoms with Crippen LogP contribution in [0.5, 0.6) is 0 Å². The van der Waals surface area contributed by atoms with Gasteiger partial charge in [0.25, 0.3) is 5.56 Å². The van der Waals surface area contributed by atoms with E-state index in [1.165, 1.54) is 0 Å². The maximum absolute atomic E-state index is 13.9. The molecule has 1 fully saturated rings. The molecule has 21 heavy (non-hydrogen) atoms. The number of nitrogens with zero attached hydrogens (tertiary/aromatic N) is 3. The number of hydrogen-bond acceptors (Lipinski definition) is 6. The zero-order chi connectivity index (χ0) is 15.5. The number of sulfone groups is 1. The lowest BCUT2D eigenvalue weighted by Gasteiger charge is -2.11. The summed E-state index contributed by atoms with van der Waals surface area (Å²) in [5.41, 5.74) is -1.87. The van der Waals surface area contributed by atoms with Crippen molar-refractivity contribution in [3.63, 3.8) is 0 Å². The Balaban J connectivity index is 2.55. The molecule has 0 unspecified atom stereocenters. The first-order valence-corrected chi connectivity index (χ1v) is 7.94. The van der Waals surface area contributed by atoms with Gasteiger partial charge in [0.15, 0.2) is 26.3 Å². The Morgan fingerprint density at radius 3 is 2.52 bits per heavy atom. The standard InChI is InChI=1S/C11H11FN4O4S/c1-21(19,20)9-7(12)4-6-8(14-9)15(5-2-3-5)11(18)16(13)10(6)17/h4-5H,2-3,13H2,1H3. The van der Waals surface area contributed by atoms with Crippen LogP contribution in [0.3, 0.4) is 0 Å². The first kappa shape index (κ1) is 13.7. The fourth-order valence-electron chi connectivity index (χ4n) is 2.15. The first-order chi connectivity index (χ1) is 9.71. The Morgan fingerprint density at radius 1 is 1.38 bits per heavy atom. The van der Waals surface area contributed by atoms with Crippen molar-refractivity contribution in [1.82, 2.24) is 14.2 Å². The highest BCUT2D eigenvalue weighted by Gasteiger charge is 2.30. The molecule has 112 valence electrons. The van der Waals surface area contributed by atoms with Crippen molar-refractivity contribution in [3.8, 4) is 0 Å². The van der Waals surface area contributed by atoms with E-state index in [9.17, 15) is 22.4 Å². The van der Waals surface area contributed by atoms with Crippen LogP contribution in [-0.2, 0) is 9.84 Å². The van der Waals surface area contributed by atoms with Gasteiger partial charge in [-0.1, -0.05) is 0 Å². The molecule has 10 heteroatoms. The molecule has 1 aliphatic carbocycles. The number of hydrogen-bond donors (Lipinski definition) is 1. The maximum atomic E-state index is 13.9. The number of rotatable bonds is 2. The quantitative estimate of drug-likeness (QED) is 0.722. The molecular formula is C11H11FN4O4S. The number of nitrogen functional groups attached to an aromatic ring is 1. The summed E-state index contributed by atoms with van der Waals surface area (Å²) in [4.78, 5) is 27.7. The van der Waals surface area contributed by atoms with Crippen LogP contribution in [0.1, 0.15) is 18.9 Å². The molecule has 2 aromatic rings. The fourth-order valence-corrected chi connectivity index (χ4v) is 2.81. The minimum absolute atomic E-state index is 0.156. The van der Waals surface area contributed by atoms with Gasteiger partial charge < -0.3 is 5.84 Å². The zero-order valence-electron chi connectivity index (χ0n) is 10.9. The largest absolute Gasteiger partial charge is 0.351 e. The summed E-state index contributed by atoms with van der Waals surface area (Å²) in [6, 6.07) is 0.545. The number of pyridine rings is 1. The van der Waals surface area contributed by atoms with Gasteiger partial charge in [0.1, 0.15) is 0 Å². The third-order valence-electron chi connectivity index (χ3n) is 3.28. The Morgan fingerprint density at radius 2 is 2.00 bits per heavy atom. The van der Waals surface area contributed by atoms with Crippen molar-refractivity contribution < 1.29 is 12.8 Å². The van der Waals surface area contributed by atoms with Crippen LogP contribution in [0.15, 0.2) is 20.7 Å². The first-order valence-electron chi connectivity index (χ1n) is 6.04. The van der Waals surface area contributed by atoms with E-state index in [0.717, 1.165) is 16.9 Å². The molecule has 0 saturated heterocycles. The molecule has 2 heterocycles. The van der Waals surface area contributed by atoms with Crippen LogP contribution in [0, 0.1) is 5.82 Å². The van der Waals surface area contributed by atoms with Crippen LogP contribution >= 0.6 is 0 Å².